The van der Waals surface area contributed by atoms with Crippen LogP contribution in [0.25, 0.3) is 61.2 Å². The molecule has 0 saturated heterocycles. The highest BCUT2D eigenvalue weighted by Gasteiger charge is 2.25. The molecular formula is C37H28S. The number of allylic oxidation sites excluding steroid dienone is 2. The molecular weight excluding hydrogens is 476 g/mol. The molecule has 0 unspecified atom stereocenters. The van der Waals surface area contributed by atoms with Gasteiger partial charge in [-0.05, 0) is 85.5 Å². The van der Waals surface area contributed by atoms with Gasteiger partial charge in [0.05, 0.1) is 0 Å². The fraction of sp³-hybridized carbons (Fsp3) is 0.0811. The average Bonchev–Trinajstić information content (AvgIpc) is 3.34. The molecule has 0 fully saturated rings. The van der Waals surface area contributed by atoms with Gasteiger partial charge in [-0.3, -0.25) is 0 Å². The van der Waals surface area contributed by atoms with Gasteiger partial charge in [0.1, 0.15) is 0 Å². The molecule has 1 aliphatic rings. The standard InChI is InChI=1S/C37H28S/c1-3-13-26-32-22-12-23-33(37(32)38-34(26)4-2)36-30-19-9-7-17-28(30)35(29-18-8-10-20-31(29)36)27-21-11-15-24-14-5-6-16-25(24)27/h3-11,13-21,23H,2,12,22H2,1H3/b13-3-. The molecule has 38 heavy (non-hydrogen) atoms. The van der Waals surface area contributed by atoms with Gasteiger partial charge in [0.2, 0.25) is 0 Å². The highest BCUT2D eigenvalue weighted by molar-refractivity contribution is 7.14. The van der Waals surface area contributed by atoms with Crippen LogP contribution in [0.5, 0.6) is 0 Å². The van der Waals surface area contributed by atoms with Gasteiger partial charge in [-0.1, -0.05) is 122 Å². The van der Waals surface area contributed by atoms with Crippen molar-refractivity contribution >= 4 is 61.4 Å². The molecule has 6 aromatic rings. The number of hydrogen-bond acceptors (Lipinski definition) is 1. The van der Waals surface area contributed by atoms with Crippen LogP contribution < -0.4 is 0 Å². The zero-order chi connectivity index (χ0) is 25.6. The molecule has 0 saturated carbocycles. The summed E-state index contributed by atoms with van der Waals surface area (Å²) in [7, 11) is 0. The smallest absolute Gasteiger partial charge is 0.0390 e. The Morgan fingerprint density at radius 3 is 1.97 bits per heavy atom. The number of thiophene rings is 1. The maximum atomic E-state index is 4.14. The van der Waals surface area contributed by atoms with Gasteiger partial charge in [-0.25, -0.2) is 0 Å². The van der Waals surface area contributed by atoms with Crippen molar-refractivity contribution in [3.63, 3.8) is 0 Å². The Bertz CT molecular complexity index is 1880. The average molecular weight is 505 g/mol. The summed E-state index contributed by atoms with van der Waals surface area (Å²) in [5, 5.41) is 7.80. The van der Waals surface area contributed by atoms with Crippen molar-refractivity contribution in [2.75, 3.05) is 0 Å². The summed E-state index contributed by atoms with van der Waals surface area (Å²) in [4.78, 5) is 2.66. The second kappa shape index (κ2) is 9.28. The fourth-order valence-corrected chi connectivity index (χ4v) is 7.52. The Hall–Kier alpha value is -4.20. The van der Waals surface area contributed by atoms with Crippen LogP contribution in [0.15, 0.2) is 110 Å². The lowest BCUT2D eigenvalue weighted by atomic mass is 9.82. The van der Waals surface area contributed by atoms with E-state index in [1.165, 1.54) is 75.5 Å². The van der Waals surface area contributed by atoms with Crippen molar-refractivity contribution in [2.24, 2.45) is 0 Å². The number of benzene rings is 5. The highest BCUT2D eigenvalue weighted by Crippen LogP contribution is 2.48. The van der Waals surface area contributed by atoms with Crippen molar-refractivity contribution in [1.29, 1.82) is 0 Å². The fourth-order valence-electron chi connectivity index (χ4n) is 6.29. The third kappa shape index (κ3) is 3.43. The van der Waals surface area contributed by atoms with Crippen molar-refractivity contribution in [3.05, 3.63) is 136 Å². The van der Waals surface area contributed by atoms with Crippen LogP contribution in [0.1, 0.15) is 39.8 Å². The van der Waals surface area contributed by atoms with E-state index in [1.807, 2.05) is 17.4 Å². The molecule has 0 N–H and O–H groups in total. The number of fused-ring (bicyclic) bond motifs is 4. The molecule has 0 radical (unpaired) electrons. The first-order valence-electron chi connectivity index (χ1n) is 13.3. The lowest BCUT2D eigenvalue weighted by Crippen LogP contribution is -2.01. The Balaban J connectivity index is 1.61. The predicted molar refractivity (Wildman–Crippen MR) is 169 cm³/mol. The van der Waals surface area contributed by atoms with E-state index < -0.39 is 0 Å². The van der Waals surface area contributed by atoms with Crippen LogP contribution in [0.3, 0.4) is 0 Å². The van der Waals surface area contributed by atoms with Crippen molar-refractivity contribution in [3.8, 4) is 11.1 Å². The van der Waals surface area contributed by atoms with Gasteiger partial charge < -0.3 is 0 Å². The summed E-state index contributed by atoms with van der Waals surface area (Å²) in [5.41, 5.74) is 8.14. The number of rotatable bonds is 4. The van der Waals surface area contributed by atoms with Gasteiger partial charge in [0.25, 0.3) is 0 Å². The summed E-state index contributed by atoms with van der Waals surface area (Å²) < 4.78 is 0. The van der Waals surface area contributed by atoms with E-state index in [0.29, 0.717) is 0 Å². The summed E-state index contributed by atoms with van der Waals surface area (Å²) in [6, 6.07) is 33.4. The first kappa shape index (κ1) is 23.0. The SMILES string of the molecule is C=Cc1sc2c(c1/C=C\C)CCC=C2c1c2ccccc2c(-c2cccc3ccccc23)c2ccccc12. The van der Waals surface area contributed by atoms with Crippen molar-refractivity contribution in [1.82, 2.24) is 0 Å². The van der Waals surface area contributed by atoms with Gasteiger partial charge in [0.15, 0.2) is 0 Å². The Labute approximate surface area is 227 Å². The third-order valence-corrected chi connectivity index (χ3v) is 9.12. The van der Waals surface area contributed by atoms with E-state index in [2.05, 4.69) is 123 Å². The highest BCUT2D eigenvalue weighted by atomic mass is 32.1. The third-order valence-electron chi connectivity index (χ3n) is 7.84. The molecule has 5 aromatic carbocycles. The molecule has 182 valence electrons. The predicted octanol–water partition coefficient (Wildman–Crippen LogP) is 10.9. The minimum Gasteiger partial charge on any atom is -0.135 e. The Kier molecular flexibility index (Phi) is 5.60. The minimum atomic E-state index is 1.05. The zero-order valence-electron chi connectivity index (χ0n) is 21.5. The summed E-state index contributed by atoms with van der Waals surface area (Å²) >= 11 is 1.89. The van der Waals surface area contributed by atoms with Crippen LogP contribution in [0.4, 0.5) is 0 Å². The Morgan fingerprint density at radius 2 is 1.32 bits per heavy atom. The van der Waals surface area contributed by atoms with Crippen LogP contribution in [0, 0.1) is 0 Å². The quantitative estimate of drug-likeness (QED) is 0.209. The Morgan fingerprint density at radius 1 is 0.711 bits per heavy atom. The molecule has 1 heteroatoms. The molecule has 0 atom stereocenters. The molecule has 1 heterocycles. The maximum absolute atomic E-state index is 4.14. The van der Waals surface area contributed by atoms with Crippen LogP contribution in [-0.2, 0) is 6.42 Å². The van der Waals surface area contributed by atoms with Crippen molar-refractivity contribution < 1.29 is 0 Å². The second-order valence-electron chi connectivity index (χ2n) is 9.92. The molecule has 7 rings (SSSR count). The van der Waals surface area contributed by atoms with Gasteiger partial charge in [0, 0.05) is 9.75 Å². The normalized spacial score (nSPS) is 13.3. The maximum Gasteiger partial charge on any atom is 0.0390 e. The molecule has 0 nitrogen and oxygen atoms in total. The monoisotopic (exact) mass is 504 g/mol. The lowest BCUT2D eigenvalue weighted by Gasteiger charge is -2.22. The zero-order valence-corrected chi connectivity index (χ0v) is 22.3. The molecule has 0 aliphatic heterocycles. The summed E-state index contributed by atoms with van der Waals surface area (Å²) in [6.07, 6.45) is 11.0. The van der Waals surface area contributed by atoms with E-state index >= 15 is 0 Å². The first-order chi connectivity index (χ1) is 18.8. The van der Waals surface area contributed by atoms with Gasteiger partial charge in [-0.2, -0.15) is 0 Å². The molecule has 1 aromatic heterocycles. The largest absolute Gasteiger partial charge is 0.135 e. The first-order valence-corrected chi connectivity index (χ1v) is 14.1. The molecule has 1 aliphatic carbocycles. The van der Waals surface area contributed by atoms with E-state index in [9.17, 15) is 0 Å². The van der Waals surface area contributed by atoms with E-state index in [-0.39, 0.29) is 0 Å². The summed E-state index contributed by atoms with van der Waals surface area (Å²) in [5.74, 6) is 0. The van der Waals surface area contributed by atoms with Crippen LogP contribution in [0.2, 0.25) is 0 Å². The van der Waals surface area contributed by atoms with Crippen LogP contribution >= 0.6 is 11.3 Å². The molecule has 0 amide bonds. The minimum absolute atomic E-state index is 1.05. The topological polar surface area (TPSA) is 0 Å². The lowest BCUT2D eigenvalue weighted by molar-refractivity contribution is 0.986. The van der Waals surface area contributed by atoms with Crippen LogP contribution in [-0.4, -0.2) is 0 Å². The van der Waals surface area contributed by atoms with E-state index in [1.54, 1.807) is 0 Å². The number of hydrogen-bond donors (Lipinski definition) is 0. The second-order valence-corrected chi connectivity index (χ2v) is 11.0. The van der Waals surface area contributed by atoms with E-state index in [4.69, 9.17) is 0 Å². The van der Waals surface area contributed by atoms with Crippen molar-refractivity contribution in [2.45, 2.75) is 19.8 Å². The molecule has 0 spiro atoms. The van der Waals surface area contributed by atoms with E-state index in [0.717, 1.165) is 12.8 Å². The summed E-state index contributed by atoms with van der Waals surface area (Å²) in [6.45, 7) is 6.24. The molecule has 0 bridgehead atoms. The van der Waals surface area contributed by atoms with Gasteiger partial charge >= 0.3 is 0 Å². The van der Waals surface area contributed by atoms with Gasteiger partial charge in [-0.15, -0.1) is 11.3 Å².